The number of nitrogens with zero attached hydrogens (tertiary/aromatic N) is 1. The van der Waals surface area contributed by atoms with Crippen molar-refractivity contribution in [3.8, 4) is 0 Å². The summed E-state index contributed by atoms with van der Waals surface area (Å²) in [4.78, 5) is 27.0. The molecule has 1 aromatic heterocycles. The fraction of sp³-hybridized carbons (Fsp3) is 0.647. The molecule has 0 unspecified atom stereocenters. The van der Waals surface area contributed by atoms with Gasteiger partial charge in [0.2, 0.25) is 5.91 Å². The molecule has 5 heteroatoms. The van der Waals surface area contributed by atoms with Crippen LogP contribution in [0.25, 0.3) is 0 Å². The molecule has 1 aliphatic heterocycles. The molecule has 2 rings (SSSR count). The molecule has 0 spiro atoms. The molecule has 0 aromatic carbocycles. The van der Waals surface area contributed by atoms with Crippen molar-refractivity contribution in [3.63, 3.8) is 0 Å². The Balaban J connectivity index is 1.70. The molecule has 1 N–H and O–H groups in total. The Morgan fingerprint density at radius 2 is 2.09 bits per heavy atom. The quantitative estimate of drug-likeness (QED) is 0.818. The Labute approximate surface area is 136 Å². The van der Waals surface area contributed by atoms with E-state index < -0.39 is 0 Å². The number of piperidine rings is 1. The van der Waals surface area contributed by atoms with Gasteiger partial charge in [0.1, 0.15) is 0 Å². The van der Waals surface area contributed by atoms with Crippen LogP contribution in [0, 0.1) is 11.8 Å². The lowest BCUT2D eigenvalue weighted by Crippen LogP contribution is -2.43. The van der Waals surface area contributed by atoms with Crippen molar-refractivity contribution in [3.05, 3.63) is 22.4 Å². The molecule has 122 valence electrons. The van der Waals surface area contributed by atoms with Crippen molar-refractivity contribution in [2.75, 3.05) is 19.6 Å². The monoisotopic (exact) mass is 322 g/mol. The van der Waals surface area contributed by atoms with Gasteiger partial charge in [-0.15, -0.1) is 11.3 Å². The molecule has 0 aliphatic carbocycles. The Hall–Kier alpha value is -1.36. The number of nitrogens with one attached hydrogen (secondary N) is 1. The van der Waals surface area contributed by atoms with Gasteiger partial charge in [-0.3, -0.25) is 9.59 Å². The van der Waals surface area contributed by atoms with Gasteiger partial charge in [0.05, 0.1) is 4.88 Å². The summed E-state index contributed by atoms with van der Waals surface area (Å²) in [5.74, 6) is 1.01. The van der Waals surface area contributed by atoms with E-state index in [1.807, 2.05) is 22.4 Å². The molecule has 0 radical (unpaired) electrons. The summed E-state index contributed by atoms with van der Waals surface area (Å²) in [7, 11) is 0. The number of hydrogen-bond acceptors (Lipinski definition) is 3. The number of carbonyl (C=O) groups is 2. The van der Waals surface area contributed by atoms with Gasteiger partial charge in [0, 0.05) is 25.6 Å². The van der Waals surface area contributed by atoms with Gasteiger partial charge in [-0.1, -0.05) is 19.9 Å². The third-order valence-corrected chi connectivity index (χ3v) is 5.00. The van der Waals surface area contributed by atoms with Gasteiger partial charge >= 0.3 is 0 Å². The van der Waals surface area contributed by atoms with Crippen molar-refractivity contribution in [1.29, 1.82) is 0 Å². The number of likely N-dealkylation sites (tertiary alicyclic amines) is 1. The van der Waals surface area contributed by atoms with E-state index in [0.717, 1.165) is 37.1 Å². The van der Waals surface area contributed by atoms with Gasteiger partial charge in [-0.05, 0) is 43.0 Å². The predicted molar refractivity (Wildman–Crippen MR) is 90.0 cm³/mol. The standard InChI is InChI=1S/C17H26N2O2S/c1-13(2)5-3-9-18-16(20)14-7-10-19(11-8-14)17(21)15-6-4-12-22-15/h4,6,12-14H,3,5,7-11H2,1-2H3,(H,18,20). The zero-order valence-corrected chi connectivity index (χ0v) is 14.3. The van der Waals surface area contributed by atoms with E-state index in [-0.39, 0.29) is 17.7 Å². The average Bonchev–Trinajstić information content (AvgIpc) is 3.05. The highest BCUT2D eigenvalue weighted by Gasteiger charge is 2.27. The van der Waals surface area contributed by atoms with Crippen LogP contribution in [0.1, 0.15) is 49.2 Å². The summed E-state index contributed by atoms with van der Waals surface area (Å²) in [6.07, 6.45) is 3.73. The fourth-order valence-electron chi connectivity index (χ4n) is 2.77. The number of hydrogen-bond donors (Lipinski definition) is 1. The molecule has 1 aliphatic rings. The summed E-state index contributed by atoms with van der Waals surface area (Å²) < 4.78 is 0. The Bertz CT molecular complexity index is 477. The zero-order chi connectivity index (χ0) is 15.9. The fourth-order valence-corrected chi connectivity index (χ4v) is 3.46. The number of rotatable bonds is 6. The van der Waals surface area contributed by atoms with Crippen LogP contribution in [-0.4, -0.2) is 36.3 Å². The largest absolute Gasteiger partial charge is 0.356 e. The highest BCUT2D eigenvalue weighted by molar-refractivity contribution is 7.12. The van der Waals surface area contributed by atoms with Crippen LogP contribution in [0.5, 0.6) is 0 Å². The van der Waals surface area contributed by atoms with E-state index in [0.29, 0.717) is 19.0 Å². The van der Waals surface area contributed by atoms with Crippen molar-refractivity contribution >= 4 is 23.2 Å². The van der Waals surface area contributed by atoms with E-state index in [1.165, 1.54) is 11.3 Å². The summed E-state index contributed by atoms with van der Waals surface area (Å²) in [5.41, 5.74) is 0. The molecule has 2 amide bonds. The molecule has 4 nitrogen and oxygen atoms in total. The van der Waals surface area contributed by atoms with Gasteiger partial charge in [-0.25, -0.2) is 0 Å². The smallest absolute Gasteiger partial charge is 0.263 e. The van der Waals surface area contributed by atoms with Crippen molar-refractivity contribution < 1.29 is 9.59 Å². The molecule has 2 heterocycles. The molecule has 1 aromatic rings. The second-order valence-electron chi connectivity index (χ2n) is 6.37. The first-order valence-corrected chi connectivity index (χ1v) is 9.06. The van der Waals surface area contributed by atoms with Crippen LogP contribution in [0.15, 0.2) is 17.5 Å². The van der Waals surface area contributed by atoms with E-state index in [2.05, 4.69) is 19.2 Å². The number of thiophene rings is 1. The van der Waals surface area contributed by atoms with Gasteiger partial charge < -0.3 is 10.2 Å². The zero-order valence-electron chi connectivity index (χ0n) is 13.5. The predicted octanol–water partition coefficient (Wildman–Crippen LogP) is 3.15. The minimum absolute atomic E-state index is 0.0615. The topological polar surface area (TPSA) is 49.4 Å². The van der Waals surface area contributed by atoms with Crippen LogP contribution >= 0.6 is 11.3 Å². The molecule has 0 atom stereocenters. The summed E-state index contributed by atoms with van der Waals surface area (Å²) in [6, 6.07) is 3.76. The van der Waals surface area contributed by atoms with E-state index in [9.17, 15) is 9.59 Å². The van der Waals surface area contributed by atoms with Gasteiger partial charge in [0.25, 0.3) is 5.91 Å². The Morgan fingerprint density at radius 1 is 1.36 bits per heavy atom. The van der Waals surface area contributed by atoms with Crippen LogP contribution in [0.3, 0.4) is 0 Å². The first-order valence-electron chi connectivity index (χ1n) is 8.18. The molecule has 1 saturated heterocycles. The van der Waals surface area contributed by atoms with E-state index >= 15 is 0 Å². The summed E-state index contributed by atoms with van der Waals surface area (Å²) in [6.45, 7) is 6.53. The molecular weight excluding hydrogens is 296 g/mol. The van der Waals surface area contributed by atoms with E-state index in [4.69, 9.17) is 0 Å². The second-order valence-corrected chi connectivity index (χ2v) is 7.32. The minimum atomic E-state index is 0.0615. The SMILES string of the molecule is CC(C)CCCNC(=O)C1CCN(C(=O)c2cccs2)CC1. The summed E-state index contributed by atoms with van der Waals surface area (Å²) in [5, 5.41) is 4.96. The first kappa shape index (κ1) is 17.0. The van der Waals surface area contributed by atoms with Crippen LogP contribution in [-0.2, 0) is 4.79 Å². The van der Waals surface area contributed by atoms with Gasteiger partial charge in [0.15, 0.2) is 0 Å². The molecule has 22 heavy (non-hydrogen) atoms. The maximum atomic E-state index is 12.2. The lowest BCUT2D eigenvalue weighted by molar-refractivity contribution is -0.126. The molecular formula is C17H26N2O2S. The highest BCUT2D eigenvalue weighted by Crippen LogP contribution is 2.21. The van der Waals surface area contributed by atoms with Crippen LogP contribution in [0.2, 0.25) is 0 Å². The minimum Gasteiger partial charge on any atom is -0.356 e. The maximum Gasteiger partial charge on any atom is 0.263 e. The lowest BCUT2D eigenvalue weighted by Gasteiger charge is -2.31. The van der Waals surface area contributed by atoms with Crippen LogP contribution < -0.4 is 5.32 Å². The number of carbonyl (C=O) groups excluding carboxylic acids is 2. The molecule has 0 saturated carbocycles. The second kappa shape index (κ2) is 8.32. The van der Waals surface area contributed by atoms with Gasteiger partial charge in [-0.2, -0.15) is 0 Å². The Morgan fingerprint density at radius 3 is 2.68 bits per heavy atom. The number of amides is 2. The highest BCUT2D eigenvalue weighted by atomic mass is 32.1. The molecule has 0 bridgehead atoms. The Kier molecular flexibility index (Phi) is 6.43. The summed E-state index contributed by atoms with van der Waals surface area (Å²) >= 11 is 1.48. The van der Waals surface area contributed by atoms with Crippen LogP contribution in [0.4, 0.5) is 0 Å². The maximum absolute atomic E-state index is 12.2. The van der Waals surface area contributed by atoms with E-state index in [1.54, 1.807) is 0 Å². The van der Waals surface area contributed by atoms with Crippen molar-refractivity contribution in [2.45, 2.75) is 39.5 Å². The van der Waals surface area contributed by atoms with Crippen molar-refractivity contribution in [2.24, 2.45) is 11.8 Å². The van der Waals surface area contributed by atoms with Crippen molar-refractivity contribution in [1.82, 2.24) is 10.2 Å². The third-order valence-electron chi connectivity index (χ3n) is 4.14. The third kappa shape index (κ3) is 4.83. The first-order chi connectivity index (χ1) is 10.6. The molecule has 1 fully saturated rings. The lowest BCUT2D eigenvalue weighted by atomic mass is 9.95. The average molecular weight is 322 g/mol. The normalized spacial score (nSPS) is 16.0.